The summed E-state index contributed by atoms with van der Waals surface area (Å²) in [4.78, 5) is 37.1. The molecule has 4 atom stereocenters. The van der Waals surface area contributed by atoms with Crippen molar-refractivity contribution < 1.29 is 17.7 Å². The van der Waals surface area contributed by atoms with E-state index in [4.69, 9.17) is 17.7 Å². The number of hydrogen-bond donors (Lipinski definition) is 0. The van der Waals surface area contributed by atoms with E-state index in [1.54, 1.807) is 0 Å². The van der Waals surface area contributed by atoms with Gasteiger partial charge in [0.05, 0.1) is 45.5 Å². The van der Waals surface area contributed by atoms with E-state index >= 15 is 0 Å². The molecule has 19 rings (SSSR count). The molecule has 16 nitrogen and oxygen atoms in total. The van der Waals surface area contributed by atoms with E-state index < -0.39 is 0 Å². The third kappa shape index (κ3) is 11.4. The Bertz CT molecular complexity index is 5940. The topological polar surface area (TPSA) is 130 Å². The van der Waals surface area contributed by atoms with Crippen LogP contribution in [0, 0.1) is 55.4 Å². The molecule has 105 heavy (non-hydrogen) atoms. The normalized spacial score (nSPS) is 16.9. The van der Waals surface area contributed by atoms with Crippen LogP contribution in [0.15, 0.2) is 218 Å². The Labute approximate surface area is 613 Å². The van der Waals surface area contributed by atoms with Crippen molar-refractivity contribution in [3.63, 3.8) is 0 Å². The van der Waals surface area contributed by atoms with Gasteiger partial charge in [-0.3, -0.25) is 0 Å². The molecule has 4 aliphatic rings. The summed E-state index contributed by atoms with van der Waals surface area (Å²) >= 11 is 0. The highest BCUT2D eigenvalue weighted by molar-refractivity contribution is 6.13. The van der Waals surface area contributed by atoms with Gasteiger partial charge >= 0.3 is 0 Å². The second kappa shape index (κ2) is 26.5. The molecule has 8 aromatic heterocycles. The first-order valence-corrected chi connectivity index (χ1v) is 36.6. The molecule has 0 amide bonds. The average molecular weight is 1390 g/mol. The molecule has 16 heteroatoms. The summed E-state index contributed by atoms with van der Waals surface area (Å²) in [7, 11) is 2.14. The van der Waals surface area contributed by atoms with Crippen molar-refractivity contribution in [2.45, 2.75) is 148 Å². The molecule has 12 heterocycles. The highest BCUT2D eigenvalue weighted by atomic mass is 16.4. The van der Waals surface area contributed by atoms with Crippen LogP contribution < -0.4 is 34.3 Å². The molecule has 15 aromatic rings. The van der Waals surface area contributed by atoms with Gasteiger partial charge in [0.2, 0.25) is 22.9 Å². The fourth-order valence-corrected chi connectivity index (χ4v) is 16.2. The van der Waals surface area contributed by atoms with Gasteiger partial charge in [-0.05, 0) is 218 Å². The highest BCUT2D eigenvalue weighted by Gasteiger charge is 2.39. The van der Waals surface area contributed by atoms with E-state index in [9.17, 15) is 0 Å². The molecular formula is C89H90N12O4. The molecule has 7 aromatic carbocycles. The van der Waals surface area contributed by atoms with Crippen LogP contribution in [0.25, 0.3) is 88.3 Å². The predicted molar refractivity (Wildman–Crippen MR) is 434 cm³/mol. The second-order valence-electron chi connectivity index (χ2n) is 29.1. The van der Waals surface area contributed by atoms with E-state index in [1.165, 1.54) is 50.7 Å². The van der Waals surface area contributed by atoms with Gasteiger partial charge in [0.1, 0.15) is 24.7 Å². The maximum Gasteiger partial charge on any atom is 0.227 e. The summed E-state index contributed by atoms with van der Waals surface area (Å²) < 4.78 is 25.1. The summed E-state index contributed by atoms with van der Waals surface area (Å²) in [6.45, 7) is 34.4. The second-order valence-corrected chi connectivity index (χ2v) is 29.1. The first-order valence-electron chi connectivity index (χ1n) is 36.6. The zero-order chi connectivity index (χ0) is 73.1. The van der Waals surface area contributed by atoms with Crippen LogP contribution in [0.3, 0.4) is 0 Å². The van der Waals surface area contributed by atoms with Gasteiger partial charge in [0.15, 0.2) is 22.3 Å². The summed E-state index contributed by atoms with van der Waals surface area (Å²) in [5, 5.41) is 8.76. The first-order chi connectivity index (χ1) is 50.6. The van der Waals surface area contributed by atoms with Crippen molar-refractivity contribution in [2.75, 3.05) is 41.3 Å². The number of aryl methyl sites for hydroxylation is 8. The van der Waals surface area contributed by atoms with E-state index in [2.05, 4.69) is 320 Å². The predicted octanol–water partition coefficient (Wildman–Crippen LogP) is 22.5. The lowest BCUT2D eigenvalue weighted by Crippen LogP contribution is -2.42. The molecule has 530 valence electrons. The number of nitrogens with zero attached hydrogens (tertiary/aromatic N) is 12. The molecule has 0 saturated carbocycles. The van der Waals surface area contributed by atoms with E-state index in [0.717, 1.165) is 111 Å². The Kier molecular flexibility index (Phi) is 17.1. The molecule has 0 fully saturated rings. The number of anilines is 9. The zero-order valence-electron chi connectivity index (χ0n) is 63.0. The van der Waals surface area contributed by atoms with Crippen molar-refractivity contribution in [3.05, 3.63) is 246 Å². The number of rotatable bonds is 7. The number of benzene rings is 7. The van der Waals surface area contributed by atoms with Crippen molar-refractivity contribution in [1.29, 1.82) is 0 Å². The molecule has 0 N–H and O–H groups in total. The van der Waals surface area contributed by atoms with Gasteiger partial charge in [-0.1, -0.05) is 91.0 Å². The fourth-order valence-electron chi connectivity index (χ4n) is 16.2. The minimum atomic E-state index is 0.152. The Hall–Kier alpha value is -11.8. The standard InChI is InChI=1S/C24H25N3O.C23H21N3O.C22H21N3O.C20H23N3O/c1-14(2)26-17(5)27(21-9-7-6-8-20(21)26)22-15(3)10-12-18-19-13-11-16(4)25-24(19)28-23(18)22;1-15-9-11-19-20-12-10-16(2)24-23(20)27-22(19)21(15)26-14-13-25(17(26)3)18-7-5-4-6-8-18;1-13-9-11-16-17-12-10-14(2)23-22(17)26-21(16)20(13)25-15(3)24(4)18-7-5-6-8-19(18)25;1-12(2)22-10-11-23(15(22)5)18-13(3)6-8-16-17-9-7-14(4)21-20(17)24-19(16)18/h6-14,17H,1-5H3;4-14,17H,1-3H3;5-12,15H,1-4H3;6-12,15H,1-5H3. The van der Waals surface area contributed by atoms with Gasteiger partial charge in [0.25, 0.3) is 0 Å². The number of pyridine rings is 4. The minimum absolute atomic E-state index is 0.152. The van der Waals surface area contributed by atoms with Crippen LogP contribution in [0.1, 0.15) is 100 Å². The monoisotopic (exact) mass is 1390 g/mol. The van der Waals surface area contributed by atoms with Gasteiger partial charge in [-0.2, -0.15) is 0 Å². The Morgan fingerprint density at radius 3 is 1.05 bits per heavy atom. The maximum atomic E-state index is 6.35. The fraction of sp³-hybridized carbons (Fsp3) is 0.258. The van der Waals surface area contributed by atoms with Gasteiger partial charge < -0.3 is 56.9 Å². The molecule has 0 bridgehead atoms. The van der Waals surface area contributed by atoms with E-state index in [0.29, 0.717) is 34.9 Å². The highest BCUT2D eigenvalue weighted by Crippen LogP contribution is 2.51. The number of furan rings is 4. The minimum Gasteiger partial charge on any atom is -0.435 e. The van der Waals surface area contributed by atoms with Gasteiger partial charge in [-0.15, -0.1) is 0 Å². The Balaban J connectivity index is 0.000000108. The molecule has 4 unspecified atom stereocenters. The SMILES string of the molecule is Cc1ccc2c(n1)oc1c(N3C=CN(C(C)C)C3C)c(C)ccc12.Cc1ccc2c(n1)oc1c(N3C=CN(c4ccccc4)C3C)c(C)ccc12.Cc1ccc2c(n1)oc1c(N3c4ccccc4N(C(C)C)C3C)c(C)ccc12.Cc1ccc2c(n1)oc1c(N3c4ccccc4N(C)C3C)c(C)ccc12. The van der Waals surface area contributed by atoms with Crippen LogP contribution in [0.2, 0.25) is 0 Å². The number of fused-ring (bicyclic) bond motifs is 14. The lowest BCUT2D eigenvalue weighted by Gasteiger charge is -2.33. The molecule has 0 aliphatic carbocycles. The third-order valence-corrected chi connectivity index (χ3v) is 21.6. The molecular weight excluding hydrogens is 1300 g/mol. The molecule has 0 spiro atoms. The third-order valence-electron chi connectivity index (χ3n) is 21.6. The first kappa shape index (κ1) is 67.7. The zero-order valence-corrected chi connectivity index (χ0v) is 63.0. The van der Waals surface area contributed by atoms with Crippen molar-refractivity contribution in [1.82, 2.24) is 24.8 Å². The van der Waals surface area contributed by atoms with Crippen LogP contribution in [-0.4, -0.2) is 68.6 Å². The number of aromatic nitrogens is 4. The van der Waals surface area contributed by atoms with Crippen LogP contribution in [0.5, 0.6) is 0 Å². The lowest BCUT2D eigenvalue weighted by molar-refractivity contribution is 0.263. The molecule has 0 radical (unpaired) electrons. The van der Waals surface area contributed by atoms with Crippen LogP contribution in [-0.2, 0) is 0 Å². The number of para-hydroxylation sites is 5. The van der Waals surface area contributed by atoms with E-state index in [1.807, 2.05) is 58.0 Å². The summed E-state index contributed by atoms with van der Waals surface area (Å²) in [6.07, 6.45) is 9.40. The number of hydrogen-bond acceptors (Lipinski definition) is 16. The summed E-state index contributed by atoms with van der Waals surface area (Å²) in [6, 6.07) is 62.4. The van der Waals surface area contributed by atoms with Gasteiger partial charge in [0, 0.05) is 115 Å². The van der Waals surface area contributed by atoms with Crippen LogP contribution in [0.4, 0.5) is 51.2 Å². The average Bonchev–Trinajstić information content (AvgIpc) is 1.52. The van der Waals surface area contributed by atoms with Crippen LogP contribution >= 0.6 is 0 Å². The van der Waals surface area contributed by atoms with Crippen molar-refractivity contribution >= 4 is 139 Å². The molecule has 4 aliphatic heterocycles. The summed E-state index contributed by atoms with van der Waals surface area (Å²) in [5.41, 5.74) is 25.8. The quantitative estimate of drug-likeness (QED) is 0.150. The maximum absolute atomic E-state index is 6.35. The van der Waals surface area contributed by atoms with Gasteiger partial charge in [-0.25, -0.2) is 19.9 Å². The lowest BCUT2D eigenvalue weighted by atomic mass is 10.1. The molecule has 0 saturated heterocycles. The summed E-state index contributed by atoms with van der Waals surface area (Å²) in [5.74, 6) is 0. The Morgan fingerprint density at radius 2 is 0.638 bits per heavy atom. The van der Waals surface area contributed by atoms with Crippen molar-refractivity contribution in [3.8, 4) is 0 Å². The van der Waals surface area contributed by atoms with Crippen molar-refractivity contribution in [2.24, 2.45) is 0 Å². The largest absolute Gasteiger partial charge is 0.435 e. The Morgan fingerprint density at radius 1 is 0.305 bits per heavy atom. The van der Waals surface area contributed by atoms with E-state index in [-0.39, 0.29) is 24.7 Å². The smallest absolute Gasteiger partial charge is 0.227 e.